The number of benzene rings is 1. The van der Waals surface area contributed by atoms with Crippen molar-refractivity contribution in [2.75, 3.05) is 20.0 Å². The third-order valence-electron chi connectivity index (χ3n) is 7.09. The number of hydrogen-bond donors (Lipinski definition) is 1. The Labute approximate surface area is 213 Å². The first kappa shape index (κ1) is 23.8. The smallest absolute Gasteiger partial charge is 0.205 e. The molecule has 0 fully saturated rings. The van der Waals surface area contributed by atoms with Crippen LogP contribution < -0.4 is 15.2 Å². The first-order valence-electron chi connectivity index (χ1n) is 11.8. The van der Waals surface area contributed by atoms with Crippen LogP contribution in [0.3, 0.4) is 0 Å². The van der Waals surface area contributed by atoms with Gasteiger partial charge in [0.1, 0.15) is 9.71 Å². The number of aryl methyl sites for hydroxylation is 1. The number of ether oxygens (including phenoxy) is 2. The highest BCUT2D eigenvalue weighted by Crippen LogP contribution is 2.48. The third kappa shape index (κ3) is 4.10. The van der Waals surface area contributed by atoms with Crippen molar-refractivity contribution in [1.82, 2.24) is 4.98 Å². The van der Waals surface area contributed by atoms with Crippen LogP contribution in [0, 0.1) is 11.3 Å². The largest absolute Gasteiger partial charge is 0.493 e. The molecular formula is C28H30N2O3S2. The van der Waals surface area contributed by atoms with Gasteiger partial charge < -0.3 is 15.2 Å². The number of carbonyl (C=O) groups excluding carboxylic acids is 1. The molecule has 1 unspecified atom stereocenters. The molecule has 1 atom stereocenters. The topological polar surface area (TPSA) is 74.4 Å². The molecule has 1 aliphatic rings. The molecule has 0 amide bonds. The van der Waals surface area contributed by atoms with Gasteiger partial charge in [-0.25, -0.2) is 4.98 Å². The van der Waals surface area contributed by atoms with Crippen LogP contribution in [0.5, 0.6) is 11.5 Å². The summed E-state index contributed by atoms with van der Waals surface area (Å²) < 4.78 is 10.7. The zero-order chi connectivity index (χ0) is 24.9. The molecule has 5 rings (SSSR count). The SMILES string of the molecule is COc1ccc(C(=O)c2sc3nc4c(c(-c5cccs5)c3c2N)CC(C(C)(C)C)CC4)cc1OC. The third-order valence-corrected chi connectivity index (χ3v) is 9.07. The van der Waals surface area contributed by atoms with E-state index >= 15 is 0 Å². The van der Waals surface area contributed by atoms with Crippen molar-refractivity contribution in [3.8, 4) is 21.9 Å². The molecule has 0 bridgehead atoms. The van der Waals surface area contributed by atoms with Crippen molar-refractivity contribution >= 4 is 44.4 Å². The second kappa shape index (κ2) is 8.95. The number of anilines is 1. The normalized spacial score (nSPS) is 15.7. The van der Waals surface area contributed by atoms with Crippen molar-refractivity contribution < 1.29 is 14.3 Å². The fourth-order valence-corrected chi connectivity index (χ4v) is 6.92. The average Bonchev–Trinajstić information content (AvgIpc) is 3.49. The maximum Gasteiger partial charge on any atom is 0.205 e. The molecule has 3 aromatic heterocycles. The average molecular weight is 507 g/mol. The molecule has 2 N–H and O–H groups in total. The zero-order valence-electron chi connectivity index (χ0n) is 20.7. The standard InChI is InChI=1S/C28H30N2O3S2/c1-28(2,3)16-9-10-18-17(14-16)22(21-7-6-12-34-21)23-24(29)26(35-27(23)30-18)25(31)15-8-11-19(32-4)20(13-15)33-5/h6-8,11-13,16H,9-10,14,29H2,1-5H3. The summed E-state index contributed by atoms with van der Waals surface area (Å²) in [6.07, 6.45) is 3.04. The quantitative estimate of drug-likeness (QED) is 0.295. The number of aromatic nitrogens is 1. The molecule has 0 saturated carbocycles. The van der Waals surface area contributed by atoms with Gasteiger partial charge in [0, 0.05) is 27.1 Å². The summed E-state index contributed by atoms with van der Waals surface area (Å²) >= 11 is 3.10. The molecule has 1 aromatic carbocycles. The Bertz CT molecular complexity index is 1410. The molecule has 1 aliphatic carbocycles. The number of rotatable bonds is 5. The molecule has 0 radical (unpaired) electrons. The summed E-state index contributed by atoms with van der Waals surface area (Å²) in [6.45, 7) is 6.95. The van der Waals surface area contributed by atoms with Crippen LogP contribution in [0.15, 0.2) is 35.7 Å². The van der Waals surface area contributed by atoms with E-state index in [0.29, 0.717) is 33.5 Å². The summed E-state index contributed by atoms with van der Waals surface area (Å²) in [5.41, 5.74) is 11.6. The number of nitrogens with zero attached hydrogens (tertiary/aromatic N) is 1. The predicted molar refractivity (Wildman–Crippen MR) is 145 cm³/mol. The molecule has 182 valence electrons. The number of nitrogens with two attached hydrogens (primary N) is 1. The van der Waals surface area contributed by atoms with E-state index in [0.717, 1.165) is 40.7 Å². The van der Waals surface area contributed by atoms with Crippen LogP contribution >= 0.6 is 22.7 Å². The van der Waals surface area contributed by atoms with Gasteiger partial charge in [0.15, 0.2) is 11.5 Å². The maximum absolute atomic E-state index is 13.6. The zero-order valence-corrected chi connectivity index (χ0v) is 22.4. The van der Waals surface area contributed by atoms with Crippen molar-refractivity contribution in [2.24, 2.45) is 11.3 Å². The summed E-state index contributed by atoms with van der Waals surface area (Å²) in [6, 6.07) is 9.42. The lowest BCUT2D eigenvalue weighted by Gasteiger charge is -2.35. The fraction of sp³-hybridized carbons (Fsp3) is 0.357. The van der Waals surface area contributed by atoms with Gasteiger partial charge in [-0.2, -0.15) is 0 Å². The fourth-order valence-electron chi connectivity index (χ4n) is 5.03. The van der Waals surface area contributed by atoms with Crippen LogP contribution in [0.25, 0.3) is 20.7 Å². The number of hydrogen-bond acceptors (Lipinski definition) is 7. The van der Waals surface area contributed by atoms with Crippen molar-refractivity contribution in [2.45, 2.75) is 40.0 Å². The first-order chi connectivity index (χ1) is 16.7. The lowest BCUT2D eigenvalue weighted by Crippen LogP contribution is -2.27. The Kier molecular flexibility index (Phi) is 6.09. The number of fused-ring (bicyclic) bond motifs is 2. The minimum absolute atomic E-state index is 0.130. The van der Waals surface area contributed by atoms with E-state index in [2.05, 4.69) is 38.3 Å². The molecule has 0 aliphatic heterocycles. The van der Waals surface area contributed by atoms with E-state index in [4.69, 9.17) is 20.2 Å². The Morgan fingerprint density at radius 1 is 1.14 bits per heavy atom. The van der Waals surface area contributed by atoms with Gasteiger partial charge >= 0.3 is 0 Å². The molecule has 7 heteroatoms. The van der Waals surface area contributed by atoms with Gasteiger partial charge in [0.25, 0.3) is 0 Å². The van der Waals surface area contributed by atoms with Crippen LogP contribution in [-0.2, 0) is 12.8 Å². The highest BCUT2D eigenvalue weighted by atomic mass is 32.1. The Hall–Kier alpha value is -2.90. The molecule has 35 heavy (non-hydrogen) atoms. The minimum atomic E-state index is -0.130. The lowest BCUT2D eigenvalue weighted by atomic mass is 9.70. The molecule has 4 aromatic rings. The van der Waals surface area contributed by atoms with E-state index in [1.54, 1.807) is 43.8 Å². The van der Waals surface area contributed by atoms with Crippen molar-refractivity contribution in [3.63, 3.8) is 0 Å². The predicted octanol–water partition coefficient (Wildman–Crippen LogP) is 7.01. The Morgan fingerprint density at radius 2 is 1.91 bits per heavy atom. The maximum atomic E-state index is 13.6. The molecule has 0 spiro atoms. The highest BCUT2D eigenvalue weighted by molar-refractivity contribution is 7.21. The van der Waals surface area contributed by atoms with Gasteiger partial charge in [-0.05, 0) is 65.8 Å². The van der Waals surface area contributed by atoms with Crippen molar-refractivity contribution in [1.29, 1.82) is 0 Å². The van der Waals surface area contributed by atoms with E-state index in [9.17, 15) is 4.79 Å². The van der Waals surface area contributed by atoms with E-state index in [1.807, 2.05) is 0 Å². The van der Waals surface area contributed by atoms with E-state index in [-0.39, 0.29) is 11.2 Å². The van der Waals surface area contributed by atoms with E-state index in [1.165, 1.54) is 21.8 Å². The summed E-state index contributed by atoms with van der Waals surface area (Å²) in [4.78, 5) is 21.2. The second-order valence-corrected chi connectivity index (χ2v) is 12.1. The van der Waals surface area contributed by atoms with Gasteiger partial charge in [0.2, 0.25) is 5.78 Å². The van der Waals surface area contributed by atoms with Gasteiger partial charge in [0.05, 0.1) is 19.9 Å². The second-order valence-electron chi connectivity index (χ2n) is 10.1. The molecular weight excluding hydrogens is 476 g/mol. The van der Waals surface area contributed by atoms with Crippen LogP contribution in [0.2, 0.25) is 0 Å². The molecule has 0 saturated heterocycles. The minimum Gasteiger partial charge on any atom is -0.493 e. The Morgan fingerprint density at radius 3 is 2.57 bits per heavy atom. The first-order valence-corrected chi connectivity index (χ1v) is 13.5. The van der Waals surface area contributed by atoms with Gasteiger partial charge in [-0.15, -0.1) is 22.7 Å². The van der Waals surface area contributed by atoms with Crippen molar-refractivity contribution in [3.05, 3.63) is 57.4 Å². The number of pyridine rings is 1. The van der Waals surface area contributed by atoms with Crippen LogP contribution in [-0.4, -0.2) is 25.0 Å². The van der Waals surface area contributed by atoms with Gasteiger partial charge in [-0.3, -0.25) is 4.79 Å². The number of ketones is 1. The Balaban J connectivity index is 1.69. The highest BCUT2D eigenvalue weighted by Gasteiger charge is 2.33. The number of methoxy groups -OCH3 is 2. The van der Waals surface area contributed by atoms with Gasteiger partial charge in [-0.1, -0.05) is 26.8 Å². The molecule has 5 nitrogen and oxygen atoms in total. The number of nitrogen functional groups attached to an aromatic ring is 1. The molecule has 3 heterocycles. The monoisotopic (exact) mass is 506 g/mol. The summed E-state index contributed by atoms with van der Waals surface area (Å²) in [5, 5.41) is 3.01. The van der Waals surface area contributed by atoms with Crippen LogP contribution in [0.1, 0.15) is 53.7 Å². The number of carbonyl (C=O) groups is 1. The number of thiophene rings is 2. The summed E-state index contributed by atoms with van der Waals surface area (Å²) in [7, 11) is 3.14. The summed E-state index contributed by atoms with van der Waals surface area (Å²) in [5.74, 6) is 1.53. The lowest BCUT2D eigenvalue weighted by molar-refractivity contribution is 0.104. The van der Waals surface area contributed by atoms with E-state index < -0.39 is 0 Å². The van der Waals surface area contributed by atoms with Crippen LogP contribution in [0.4, 0.5) is 5.69 Å².